The monoisotopic (exact) mass is 557 g/mol. The summed E-state index contributed by atoms with van der Waals surface area (Å²) >= 11 is 0. The number of aryl methyl sites for hydroxylation is 1. The van der Waals surface area contributed by atoms with Gasteiger partial charge in [-0.1, -0.05) is 24.3 Å². The average molecular weight is 558 g/mol. The Morgan fingerprint density at radius 2 is 1.76 bits per heavy atom. The van der Waals surface area contributed by atoms with Gasteiger partial charge in [0, 0.05) is 68.7 Å². The van der Waals surface area contributed by atoms with Crippen LogP contribution in [-0.4, -0.2) is 75.4 Å². The minimum atomic E-state index is -0.365. The van der Waals surface area contributed by atoms with Gasteiger partial charge in [0.05, 0.1) is 11.6 Å². The van der Waals surface area contributed by atoms with E-state index in [0.717, 1.165) is 92.9 Å². The van der Waals surface area contributed by atoms with Crippen molar-refractivity contribution >= 4 is 16.7 Å². The highest BCUT2D eigenvalue weighted by Crippen LogP contribution is 2.37. The van der Waals surface area contributed by atoms with Gasteiger partial charge in [-0.05, 0) is 63.8 Å². The first-order chi connectivity index (χ1) is 20.0. The van der Waals surface area contributed by atoms with Crippen molar-refractivity contribution in [1.82, 2.24) is 29.5 Å². The summed E-state index contributed by atoms with van der Waals surface area (Å²) in [4.78, 5) is 13.7. The minimum Gasteiger partial charge on any atom is -0.472 e. The molecule has 216 valence electrons. The number of rotatable bonds is 8. The number of nitrogens with one attached hydrogen (secondary N) is 1. The fourth-order valence-corrected chi connectivity index (χ4v) is 6.00. The molecular weight excluding hydrogens is 517 g/mol. The Bertz CT molecular complexity index is 1470. The van der Waals surface area contributed by atoms with E-state index in [0.29, 0.717) is 5.56 Å². The van der Waals surface area contributed by atoms with Gasteiger partial charge in [0.15, 0.2) is 5.82 Å². The van der Waals surface area contributed by atoms with Crippen LogP contribution in [0.25, 0.3) is 22.2 Å². The lowest BCUT2D eigenvalue weighted by molar-refractivity contribution is 0.120. The van der Waals surface area contributed by atoms with Crippen LogP contribution in [0.2, 0.25) is 0 Å². The summed E-state index contributed by atoms with van der Waals surface area (Å²) in [5.74, 6) is 0.598. The summed E-state index contributed by atoms with van der Waals surface area (Å²) in [7, 11) is 2.19. The second-order valence-corrected chi connectivity index (χ2v) is 11.5. The lowest BCUT2D eigenvalue weighted by Gasteiger charge is -2.32. The molecule has 6 rings (SSSR count). The van der Waals surface area contributed by atoms with Crippen LogP contribution in [0.3, 0.4) is 0 Å². The Morgan fingerprint density at radius 1 is 1.00 bits per heavy atom. The number of fused-ring (bicyclic) bond motifs is 1. The molecule has 2 fully saturated rings. The first-order valence-corrected chi connectivity index (χ1v) is 14.9. The Kier molecular flexibility index (Phi) is 8.16. The second kappa shape index (κ2) is 12.1. The predicted octanol–water partition coefficient (Wildman–Crippen LogP) is 5.68. The first kappa shape index (κ1) is 27.6. The van der Waals surface area contributed by atoms with Gasteiger partial charge in [-0.15, -0.1) is 0 Å². The van der Waals surface area contributed by atoms with Crippen molar-refractivity contribution in [2.45, 2.75) is 58.2 Å². The van der Waals surface area contributed by atoms with Crippen LogP contribution in [0, 0.1) is 12.7 Å². The molecule has 1 aliphatic carbocycles. The maximum atomic E-state index is 14.5. The minimum absolute atomic E-state index is 0.0526. The summed E-state index contributed by atoms with van der Waals surface area (Å²) in [6, 6.07) is 12.9. The molecule has 1 saturated carbocycles. The third-order valence-corrected chi connectivity index (χ3v) is 8.50. The van der Waals surface area contributed by atoms with Crippen LogP contribution >= 0.6 is 0 Å². The van der Waals surface area contributed by atoms with Gasteiger partial charge < -0.3 is 15.0 Å². The summed E-state index contributed by atoms with van der Waals surface area (Å²) in [5.41, 5.74) is 5.03. The fourth-order valence-electron chi connectivity index (χ4n) is 6.00. The number of anilines is 1. The number of pyridine rings is 2. The van der Waals surface area contributed by atoms with E-state index in [4.69, 9.17) is 9.84 Å². The third-order valence-electron chi connectivity index (χ3n) is 8.50. The topological polar surface area (TPSA) is 71.3 Å². The Morgan fingerprint density at radius 3 is 2.49 bits per heavy atom. The molecule has 0 amide bonds. The molecule has 1 saturated heterocycles. The number of aromatic nitrogens is 4. The largest absolute Gasteiger partial charge is 0.472 e. The van der Waals surface area contributed by atoms with E-state index in [9.17, 15) is 4.39 Å². The molecule has 4 heterocycles. The first-order valence-electron chi connectivity index (χ1n) is 14.9. The number of hydrogen-bond donors (Lipinski definition) is 1. The van der Waals surface area contributed by atoms with Crippen LogP contribution < -0.4 is 10.1 Å². The van der Waals surface area contributed by atoms with Crippen molar-refractivity contribution in [2.24, 2.45) is 0 Å². The Labute approximate surface area is 241 Å². The maximum absolute atomic E-state index is 14.5. The highest BCUT2D eigenvalue weighted by molar-refractivity contribution is 5.94. The Balaban J connectivity index is 1.22. The van der Waals surface area contributed by atoms with Gasteiger partial charge in [0.1, 0.15) is 17.6 Å². The number of nitrogens with zero attached hydrogens (tertiary/aromatic N) is 6. The zero-order valence-corrected chi connectivity index (χ0v) is 24.3. The van der Waals surface area contributed by atoms with Crippen molar-refractivity contribution in [3.05, 3.63) is 65.7 Å². The van der Waals surface area contributed by atoms with E-state index in [1.807, 2.05) is 6.20 Å². The molecule has 1 N–H and O–H groups in total. The summed E-state index contributed by atoms with van der Waals surface area (Å²) in [6.07, 6.45) is 6.94. The quantitative estimate of drug-likeness (QED) is 0.299. The molecule has 4 aromatic rings. The van der Waals surface area contributed by atoms with Gasteiger partial charge in [-0.25, -0.2) is 14.4 Å². The SMILES string of the molecule is CCNc1cc2c(cn1)c(-c1ccc(CN3CCN(C)CC3)cc1)nn2C1CCC(Oc2nccc(C)c2F)CC1. The van der Waals surface area contributed by atoms with Gasteiger partial charge in [0.25, 0.3) is 5.88 Å². The zero-order valence-electron chi connectivity index (χ0n) is 24.3. The third kappa shape index (κ3) is 6.06. The van der Waals surface area contributed by atoms with Crippen LogP contribution in [0.1, 0.15) is 49.8 Å². The predicted molar refractivity (Wildman–Crippen MR) is 161 cm³/mol. The van der Waals surface area contributed by atoms with Crippen molar-refractivity contribution < 1.29 is 9.13 Å². The molecule has 0 unspecified atom stereocenters. The maximum Gasteiger partial charge on any atom is 0.250 e. The van der Waals surface area contributed by atoms with Crippen molar-refractivity contribution in [1.29, 1.82) is 0 Å². The molecular formula is C32H40FN7O. The number of benzene rings is 1. The molecule has 9 heteroatoms. The summed E-state index contributed by atoms with van der Waals surface area (Å²) < 4.78 is 22.7. The van der Waals surface area contributed by atoms with Crippen molar-refractivity contribution in [3.63, 3.8) is 0 Å². The molecule has 8 nitrogen and oxygen atoms in total. The van der Waals surface area contributed by atoms with Crippen molar-refractivity contribution in [2.75, 3.05) is 45.1 Å². The van der Waals surface area contributed by atoms with Crippen molar-refractivity contribution in [3.8, 4) is 17.1 Å². The fraction of sp³-hybridized carbons (Fsp3) is 0.469. The van der Waals surface area contributed by atoms with Gasteiger partial charge in [0.2, 0.25) is 0 Å². The molecule has 2 aliphatic rings. The number of halogens is 1. The molecule has 0 atom stereocenters. The number of hydrogen-bond acceptors (Lipinski definition) is 7. The molecule has 1 aliphatic heterocycles. The van der Waals surface area contributed by atoms with Crippen LogP contribution in [-0.2, 0) is 6.54 Å². The number of ether oxygens (including phenoxy) is 1. The highest BCUT2D eigenvalue weighted by atomic mass is 19.1. The summed E-state index contributed by atoms with van der Waals surface area (Å²) in [6.45, 7) is 10.1. The molecule has 0 bridgehead atoms. The van der Waals surface area contributed by atoms with Gasteiger partial charge in [-0.2, -0.15) is 5.10 Å². The van der Waals surface area contributed by atoms with E-state index >= 15 is 0 Å². The molecule has 3 aromatic heterocycles. The normalized spacial score (nSPS) is 20.4. The highest BCUT2D eigenvalue weighted by Gasteiger charge is 2.28. The van der Waals surface area contributed by atoms with E-state index in [2.05, 4.69) is 74.1 Å². The number of piperazine rings is 1. The smallest absolute Gasteiger partial charge is 0.250 e. The standard InChI is InChI=1S/C32H40FN7O/c1-4-34-29-19-28-27(20-36-29)31(24-7-5-23(6-8-24)21-39-17-15-38(3)16-18-39)37-40(28)25-9-11-26(12-10-25)41-32-30(33)22(2)13-14-35-32/h5-8,13-14,19-20,25-26H,4,9-12,15-18,21H2,1-3H3,(H,34,36). The zero-order chi connectivity index (χ0) is 28.3. The molecule has 41 heavy (non-hydrogen) atoms. The van der Waals surface area contributed by atoms with E-state index in [-0.39, 0.29) is 23.8 Å². The molecule has 1 aromatic carbocycles. The van der Waals surface area contributed by atoms with E-state index in [1.165, 1.54) is 5.56 Å². The summed E-state index contributed by atoms with van der Waals surface area (Å²) in [5, 5.41) is 9.60. The van der Waals surface area contributed by atoms with Gasteiger partial charge >= 0.3 is 0 Å². The van der Waals surface area contributed by atoms with Crippen LogP contribution in [0.5, 0.6) is 5.88 Å². The molecule has 0 spiro atoms. The Hall–Kier alpha value is -3.56. The van der Waals surface area contributed by atoms with Gasteiger partial charge in [-0.3, -0.25) is 9.58 Å². The van der Waals surface area contributed by atoms with E-state index < -0.39 is 0 Å². The number of likely N-dealkylation sites (N-methyl/N-ethyl adjacent to an activating group) is 1. The second-order valence-electron chi connectivity index (χ2n) is 11.5. The van der Waals surface area contributed by atoms with E-state index in [1.54, 1.807) is 19.2 Å². The lowest BCUT2D eigenvalue weighted by Crippen LogP contribution is -2.43. The lowest BCUT2D eigenvalue weighted by atomic mass is 9.93. The van der Waals surface area contributed by atoms with Crippen LogP contribution in [0.4, 0.5) is 10.2 Å². The van der Waals surface area contributed by atoms with Crippen LogP contribution in [0.15, 0.2) is 48.8 Å². The average Bonchev–Trinajstić information content (AvgIpc) is 3.36. The molecule has 0 radical (unpaired) electrons.